The van der Waals surface area contributed by atoms with Crippen LogP contribution in [0.1, 0.15) is 0 Å². The molecular formula is C19H18N2O2S. The van der Waals surface area contributed by atoms with E-state index in [1.165, 1.54) is 0 Å². The molecule has 122 valence electrons. The quantitative estimate of drug-likeness (QED) is 0.703. The van der Waals surface area contributed by atoms with Gasteiger partial charge in [0.2, 0.25) is 0 Å². The van der Waals surface area contributed by atoms with E-state index in [0.29, 0.717) is 6.54 Å². The summed E-state index contributed by atoms with van der Waals surface area (Å²) in [4.78, 5) is 5.56. The van der Waals surface area contributed by atoms with Crippen molar-refractivity contribution in [3.05, 3.63) is 71.4 Å². The van der Waals surface area contributed by atoms with E-state index in [4.69, 9.17) is 4.74 Å². The zero-order valence-corrected chi connectivity index (χ0v) is 14.2. The van der Waals surface area contributed by atoms with E-state index in [0.717, 1.165) is 27.5 Å². The summed E-state index contributed by atoms with van der Waals surface area (Å²) in [6.45, 7) is 4.51. The number of aromatic nitrogens is 1. The van der Waals surface area contributed by atoms with Gasteiger partial charge in [-0.2, -0.15) is 0 Å². The standard InChI is InChI=1S/C19H18N2O2S/c1-3-12-21-18(14-4-10-17(23-2)11-5-14)13-24-19(21)20-15-6-8-16(22)9-7-15/h3-11,13,22H,1,12H2,2H3. The van der Waals surface area contributed by atoms with Gasteiger partial charge < -0.3 is 14.4 Å². The Morgan fingerprint density at radius 2 is 1.88 bits per heavy atom. The van der Waals surface area contributed by atoms with Crippen LogP contribution in [0.3, 0.4) is 0 Å². The van der Waals surface area contributed by atoms with Crippen LogP contribution in [0, 0.1) is 0 Å². The fourth-order valence-electron chi connectivity index (χ4n) is 2.35. The van der Waals surface area contributed by atoms with Gasteiger partial charge in [0.05, 0.1) is 18.5 Å². The van der Waals surface area contributed by atoms with E-state index in [-0.39, 0.29) is 5.75 Å². The van der Waals surface area contributed by atoms with Gasteiger partial charge in [0.15, 0.2) is 4.80 Å². The Morgan fingerprint density at radius 3 is 2.50 bits per heavy atom. The predicted octanol–water partition coefficient (Wildman–Crippen LogP) is 4.35. The number of methoxy groups -OCH3 is 1. The number of phenols is 1. The molecule has 24 heavy (non-hydrogen) atoms. The lowest BCUT2D eigenvalue weighted by atomic mass is 10.1. The maximum Gasteiger partial charge on any atom is 0.190 e. The minimum atomic E-state index is 0.234. The van der Waals surface area contributed by atoms with Crippen LogP contribution in [0.2, 0.25) is 0 Å². The van der Waals surface area contributed by atoms with Crippen molar-refractivity contribution >= 4 is 17.0 Å². The number of rotatable bonds is 5. The van der Waals surface area contributed by atoms with Crippen molar-refractivity contribution in [3.63, 3.8) is 0 Å². The molecule has 0 unspecified atom stereocenters. The molecule has 0 amide bonds. The van der Waals surface area contributed by atoms with Gasteiger partial charge in [-0.3, -0.25) is 0 Å². The molecule has 0 saturated carbocycles. The highest BCUT2D eigenvalue weighted by Gasteiger charge is 2.07. The van der Waals surface area contributed by atoms with Crippen LogP contribution in [-0.2, 0) is 6.54 Å². The van der Waals surface area contributed by atoms with Crippen molar-refractivity contribution in [2.75, 3.05) is 7.11 Å². The summed E-state index contributed by atoms with van der Waals surface area (Å²) in [5.74, 6) is 1.07. The van der Waals surface area contributed by atoms with Crippen molar-refractivity contribution in [2.45, 2.75) is 6.54 Å². The van der Waals surface area contributed by atoms with Crippen LogP contribution in [-0.4, -0.2) is 16.8 Å². The summed E-state index contributed by atoms with van der Waals surface area (Å²) in [5, 5.41) is 11.5. The van der Waals surface area contributed by atoms with Crippen molar-refractivity contribution in [1.82, 2.24) is 4.57 Å². The zero-order chi connectivity index (χ0) is 16.9. The molecule has 0 aliphatic heterocycles. The molecule has 0 radical (unpaired) electrons. The zero-order valence-electron chi connectivity index (χ0n) is 13.3. The molecule has 0 atom stereocenters. The largest absolute Gasteiger partial charge is 0.508 e. The van der Waals surface area contributed by atoms with E-state index in [9.17, 15) is 5.11 Å². The molecule has 0 aliphatic carbocycles. The lowest BCUT2D eigenvalue weighted by Gasteiger charge is -2.07. The molecular weight excluding hydrogens is 320 g/mol. The Kier molecular flexibility index (Phi) is 4.82. The molecule has 0 bridgehead atoms. The highest BCUT2D eigenvalue weighted by atomic mass is 32.1. The third kappa shape index (κ3) is 3.41. The molecule has 0 aliphatic rings. The molecule has 0 spiro atoms. The van der Waals surface area contributed by atoms with Crippen LogP contribution >= 0.6 is 11.3 Å². The van der Waals surface area contributed by atoms with Gasteiger partial charge in [0.25, 0.3) is 0 Å². The predicted molar refractivity (Wildman–Crippen MR) is 97.8 cm³/mol. The third-order valence-electron chi connectivity index (χ3n) is 3.57. The molecule has 3 rings (SSSR count). The fraction of sp³-hybridized carbons (Fsp3) is 0.105. The summed E-state index contributed by atoms with van der Waals surface area (Å²) in [7, 11) is 1.66. The molecule has 0 saturated heterocycles. The highest BCUT2D eigenvalue weighted by molar-refractivity contribution is 7.07. The van der Waals surface area contributed by atoms with Crippen LogP contribution in [0.15, 0.2) is 71.6 Å². The Labute approximate surface area is 144 Å². The number of nitrogens with zero attached hydrogens (tertiary/aromatic N) is 2. The summed E-state index contributed by atoms with van der Waals surface area (Å²) in [6, 6.07) is 14.8. The van der Waals surface area contributed by atoms with E-state index in [2.05, 4.69) is 21.5 Å². The van der Waals surface area contributed by atoms with Crippen molar-refractivity contribution < 1.29 is 9.84 Å². The summed E-state index contributed by atoms with van der Waals surface area (Å²) < 4.78 is 7.33. The number of thiazole rings is 1. The maximum atomic E-state index is 9.39. The second kappa shape index (κ2) is 7.19. The van der Waals surface area contributed by atoms with E-state index < -0.39 is 0 Å². The second-order valence-electron chi connectivity index (χ2n) is 5.16. The van der Waals surface area contributed by atoms with Gasteiger partial charge in [0.1, 0.15) is 11.5 Å². The average Bonchev–Trinajstić information content (AvgIpc) is 3.00. The van der Waals surface area contributed by atoms with Gasteiger partial charge in [0, 0.05) is 11.9 Å². The number of hydrogen-bond donors (Lipinski definition) is 1. The van der Waals surface area contributed by atoms with Gasteiger partial charge in [-0.05, 0) is 54.1 Å². The van der Waals surface area contributed by atoms with Crippen molar-refractivity contribution in [2.24, 2.45) is 4.99 Å². The minimum absolute atomic E-state index is 0.234. The monoisotopic (exact) mass is 338 g/mol. The molecule has 5 heteroatoms. The van der Waals surface area contributed by atoms with E-state index >= 15 is 0 Å². The Balaban J connectivity index is 2.06. The number of ether oxygens (including phenoxy) is 1. The second-order valence-corrected chi connectivity index (χ2v) is 6.00. The Bertz CT molecular complexity index is 890. The van der Waals surface area contributed by atoms with Crippen LogP contribution in [0.4, 0.5) is 5.69 Å². The van der Waals surface area contributed by atoms with Gasteiger partial charge in [-0.15, -0.1) is 17.9 Å². The Hall–Kier alpha value is -2.79. The number of hydrogen-bond acceptors (Lipinski definition) is 4. The molecule has 0 fully saturated rings. The number of benzene rings is 2. The van der Waals surface area contributed by atoms with Crippen LogP contribution < -0.4 is 9.54 Å². The average molecular weight is 338 g/mol. The first kappa shape index (κ1) is 16.1. The van der Waals surface area contributed by atoms with Crippen LogP contribution in [0.25, 0.3) is 11.3 Å². The fourth-order valence-corrected chi connectivity index (χ4v) is 3.29. The first-order valence-corrected chi connectivity index (χ1v) is 8.36. The Morgan fingerprint density at radius 1 is 1.17 bits per heavy atom. The van der Waals surface area contributed by atoms with Crippen LogP contribution in [0.5, 0.6) is 11.5 Å². The van der Waals surface area contributed by atoms with E-state index in [1.54, 1.807) is 42.7 Å². The lowest BCUT2D eigenvalue weighted by molar-refractivity contribution is 0.415. The number of allylic oxidation sites excluding steroid dienone is 1. The summed E-state index contributed by atoms with van der Waals surface area (Å²) in [6.07, 6.45) is 1.86. The summed E-state index contributed by atoms with van der Waals surface area (Å²) >= 11 is 1.57. The normalized spacial score (nSPS) is 11.5. The van der Waals surface area contributed by atoms with Gasteiger partial charge >= 0.3 is 0 Å². The SMILES string of the molecule is C=CCn1c(-c2ccc(OC)cc2)csc1=Nc1ccc(O)cc1. The number of phenolic OH excluding ortho intramolecular Hbond substituents is 1. The first-order chi connectivity index (χ1) is 11.7. The number of aromatic hydroxyl groups is 1. The van der Waals surface area contributed by atoms with Gasteiger partial charge in [-0.1, -0.05) is 6.08 Å². The molecule has 1 N–H and O–H groups in total. The smallest absolute Gasteiger partial charge is 0.190 e. The lowest BCUT2D eigenvalue weighted by Crippen LogP contribution is -2.14. The minimum Gasteiger partial charge on any atom is -0.508 e. The molecule has 2 aromatic carbocycles. The third-order valence-corrected chi connectivity index (χ3v) is 4.43. The first-order valence-electron chi connectivity index (χ1n) is 7.48. The molecule has 4 nitrogen and oxygen atoms in total. The topological polar surface area (TPSA) is 46.8 Å². The molecule has 1 aromatic heterocycles. The van der Waals surface area contributed by atoms with Crippen molar-refractivity contribution in [3.8, 4) is 22.8 Å². The van der Waals surface area contributed by atoms with Gasteiger partial charge in [-0.25, -0.2) is 4.99 Å². The highest BCUT2D eigenvalue weighted by Crippen LogP contribution is 2.24. The maximum absolute atomic E-state index is 9.39. The van der Waals surface area contributed by atoms with Crippen molar-refractivity contribution in [1.29, 1.82) is 0 Å². The molecule has 1 heterocycles. The summed E-state index contributed by atoms with van der Waals surface area (Å²) in [5.41, 5.74) is 2.98. The van der Waals surface area contributed by atoms with E-state index in [1.807, 2.05) is 30.3 Å². The molecule has 3 aromatic rings.